The van der Waals surface area contributed by atoms with E-state index in [2.05, 4.69) is 30.4 Å². The highest BCUT2D eigenvalue weighted by atomic mass is 16.8. The molecule has 1 amide bonds. The molecule has 4 aliphatic carbocycles. The van der Waals surface area contributed by atoms with Gasteiger partial charge in [-0.15, -0.1) is 5.23 Å². The lowest BCUT2D eigenvalue weighted by Gasteiger charge is -2.59. The van der Waals surface area contributed by atoms with E-state index in [0.717, 1.165) is 50.3 Å². The van der Waals surface area contributed by atoms with Crippen molar-refractivity contribution in [2.45, 2.75) is 90.2 Å². The predicted molar refractivity (Wildman–Crippen MR) is 160 cm³/mol. The van der Waals surface area contributed by atoms with Crippen LogP contribution in [0.25, 0.3) is 0 Å². The molecule has 4 N–H and O–H groups in total. The fourth-order valence-electron chi connectivity index (χ4n) is 9.06. The first-order valence-electron chi connectivity index (χ1n) is 15.7. The molecule has 0 aromatic heterocycles. The normalized spacial score (nSPS) is 33.6. The fraction of sp³-hybridized carbons (Fsp3) is 0.636. The summed E-state index contributed by atoms with van der Waals surface area (Å²) in [7, 11) is 1.18. The largest absolute Gasteiger partial charge is 0.871 e. The van der Waals surface area contributed by atoms with Crippen LogP contribution >= 0.6 is 0 Å². The van der Waals surface area contributed by atoms with Crippen molar-refractivity contribution >= 4 is 29.1 Å². The minimum Gasteiger partial charge on any atom is -0.871 e. The van der Waals surface area contributed by atoms with Gasteiger partial charge in [-0.1, -0.05) is 42.5 Å². The lowest BCUT2D eigenvalue weighted by molar-refractivity contribution is -0.268. The van der Waals surface area contributed by atoms with Gasteiger partial charge in [-0.05, 0) is 99.2 Å². The molecule has 0 unspecified atom stereocenters. The minimum atomic E-state index is -1.22. The monoisotopic (exact) mass is 626 g/mol. The quantitative estimate of drug-likeness (QED) is 0.235. The summed E-state index contributed by atoms with van der Waals surface area (Å²) in [5.74, 6) is -0.760. The minimum absolute atomic E-state index is 0.0124. The maximum Gasteiger partial charge on any atom is 0.328 e. The van der Waals surface area contributed by atoms with Gasteiger partial charge in [-0.2, -0.15) is 0 Å². The van der Waals surface area contributed by atoms with Crippen molar-refractivity contribution in [1.29, 1.82) is 0 Å². The van der Waals surface area contributed by atoms with Gasteiger partial charge in [0.25, 0.3) is 5.91 Å². The Morgan fingerprint density at radius 3 is 2.53 bits per heavy atom. The van der Waals surface area contributed by atoms with Gasteiger partial charge in [-0.3, -0.25) is 20.0 Å². The maximum absolute atomic E-state index is 12.7. The fourth-order valence-corrected chi connectivity index (χ4v) is 9.06. The maximum atomic E-state index is 12.7. The summed E-state index contributed by atoms with van der Waals surface area (Å²) in [5, 5.41) is 48.2. The number of ketones is 1. The second-order valence-corrected chi connectivity index (χ2v) is 13.7. The number of methoxy groups -OCH3 is 1. The summed E-state index contributed by atoms with van der Waals surface area (Å²) in [6, 6.07) is 2.65. The Morgan fingerprint density at radius 1 is 1.11 bits per heavy atom. The van der Waals surface area contributed by atoms with Crippen LogP contribution in [-0.2, 0) is 30.4 Å². The van der Waals surface area contributed by atoms with Crippen LogP contribution in [0, 0.1) is 28.6 Å². The van der Waals surface area contributed by atoms with E-state index in [1.54, 1.807) is 0 Å². The molecule has 0 saturated heterocycles. The van der Waals surface area contributed by atoms with Gasteiger partial charge in [-0.25, -0.2) is 4.79 Å². The highest BCUT2D eigenvalue weighted by Crippen LogP contribution is 2.67. The molecule has 3 saturated carbocycles. The third kappa shape index (κ3) is 5.83. The van der Waals surface area contributed by atoms with E-state index in [4.69, 9.17) is 9.57 Å². The Kier molecular flexibility index (Phi) is 9.05. The number of carbonyl (C=O) groups is 3. The number of aliphatic hydroxyl groups is 1. The van der Waals surface area contributed by atoms with Crippen molar-refractivity contribution < 1.29 is 44.6 Å². The van der Waals surface area contributed by atoms with Crippen molar-refractivity contribution in [1.82, 2.24) is 5.32 Å². The molecule has 7 atom stereocenters. The molecule has 4 aliphatic rings. The number of hydrogen-bond donors (Lipinski definition) is 4. The van der Waals surface area contributed by atoms with Crippen LogP contribution in [-0.4, -0.2) is 64.3 Å². The Labute approximate surface area is 263 Å². The number of ether oxygens (including phenoxy) is 1. The highest BCUT2D eigenvalue weighted by Gasteiger charge is 2.65. The molecule has 0 aliphatic heterocycles. The number of rotatable bonds is 9. The van der Waals surface area contributed by atoms with Crippen molar-refractivity contribution in [2.75, 3.05) is 18.9 Å². The summed E-state index contributed by atoms with van der Waals surface area (Å²) in [5.41, 5.74) is 0.515. The number of oxime groups is 1. The Hall–Kier alpha value is -3.48. The number of anilines is 1. The molecule has 45 heavy (non-hydrogen) atoms. The standard InChI is InChI=1S/C33H45N3O9/c1-19(37)33(41)14-11-25-23-7-6-21-17-22(9-12-31(21,2)24(23)10-13-32(25,33)3)35-45-18-29(39)34-26(30(40)44-4)15-20-5-8-28(38)27(16-20)36(42)43/h5,8,16-17,23-26,38,41-43H,6-7,9-15,18H2,1-4H3,(H,34,39)/p-1/t23-,24-,25-,26-,31-,32-,33+/m0/s1. The van der Waals surface area contributed by atoms with E-state index in [1.807, 2.05) is 0 Å². The summed E-state index contributed by atoms with van der Waals surface area (Å²) in [6.07, 6.45) is 8.84. The zero-order valence-corrected chi connectivity index (χ0v) is 26.4. The zero-order chi connectivity index (χ0) is 32.7. The first kappa shape index (κ1) is 32.9. The lowest BCUT2D eigenvalue weighted by atomic mass is 9.46. The number of esters is 1. The van der Waals surface area contributed by atoms with Gasteiger partial charge in [0.05, 0.1) is 18.5 Å². The Morgan fingerprint density at radius 2 is 1.84 bits per heavy atom. The number of Topliss-reactive ketones (excluding diaryl/α,β-unsaturated/α-hetero) is 1. The number of fused-ring (bicyclic) bond motifs is 5. The van der Waals surface area contributed by atoms with E-state index in [9.17, 15) is 35.0 Å². The first-order valence-corrected chi connectivity index (χ1v) is 15.7. The van der Waals surface area contributed by atoms with Crippen LogP contribution < -0.4 is 15.6 Å². The molecule has 0 spiro atoms. The van der Waals surface area contributed by atoms with Crippen molar-refractivity contribution in [2.24, 2.45) is 33.7 Å². The van der Waals surface area contributed by atoms with Gasteiger partial charge in [0, 0.05) is 11.8 Å². The number of hydrogen-bond acceptors (Lipinski definition) is 11. The number of benzene rings is 1. The lowest BCUT2D eigenvalue weighted by Crippen LogP contribution is -2.57. The van der Waals surface area contributed by atoms with E-state index >= 15 is 0 Å². The zero-order valence-electron chi connectivity index (χ0n) is 26.4. The van der Waals surface area contributed by atoms with Crippen LogP contribution in [0.2, 0.25) is 0 Å². The first-order chi connectivity index (χ1) is 21.2. The number of allylic oxidation sites excluding steroid dienone is 2. The molecule has 1 aromatic carbocycles. The molecule has 0 radical (unpaired) electrons. The van der Waals surface area contributed by atoms with Crippen LogP contribution in [0.1, 0.15) is 77.7 Å². The molecule has 0 heterocycles. The van der Waals surface area contributed by atoms with Crippen molar-refractivity contribution in [3.63, 3.8) is 0 Å². The van der Waals surface area contributed by atoms with Gasteiger partial charge >= 0.3 is 5.97 Å². The van der Waals surface area contributed by atoms with Crippen LogP contribution in [0.4, 0.5) is 5.69 Å². The number of carbonyl (C=O) groups excluding carboxylic acids is 3. The average molecular weight is 627 g/mol. The van der Waals surface area contributed by atoms with E-state index in [1.165, 1.54) is 31.7 Å². The van der Waals surface area contributed by atoms with Gasteiger partial charge in [0.15, 0.2) is 12.4 Å². The summed E-state index contributed by atoms with van der Waals surface area (Å²) >= 11 is 0. The van der Waals surface area contributed by atoms with Crippen LogP contribution in [0.3, 0.4) is 0 Å². The van der Waals surface area contributed by atoms with Crippen molar-refractivity contribution in [3.05, 3.63) is 35.4 Å². The summed E-state index contributed by atoms with van der Waals surface area (Å²) < 4.78 is 4.81. The van der Waals surface area contributed by atoms with Gasteiger partial charge in [0.1, 0.15) is 11.6 Å². The van der Waals surface area contributed by atoms with E-state index < -0.39 is 41.6 Å². The van der Waals surface area contributed by atoms with Crippen LogP contribution in [0.15, 0.2) is 35.0 Å². The van der Waals surface area contributed by atoms with Gasteiger partial charge < -0.3 is 25.1 Å². The second kappa shape index (κ2) is 12.4. The molecule has 246 valence electrons. The Bertz CT molecular complexity index is 1410. The highest BCUT2D eigenvalue weighted by molar-refractivity contribution is 5.96. The van der Waals surface area contributed by atoms with Crippen molar-refractivity contribution in [3.8, 4) is 5.75 Å². The van der Waals surface area contributed by atoms with Crippen LogP contribution in [0.5, 0.6) is 5.75 Å². The average Bonchev–Trinajstić information content (AvgIpc) is 3.28. The number of nitrogens with one attached hydrogen (secondary N) is 1. The summed E-state index contributed by atoms with van der Waals surface area (Å²) in [4.78, 5) is 42.9. The molecule has 3 fully saturated rings. The third-order valence-electron chi connectivity index (χ3n) is 11.6. The molecular formula is C33H44N3O9-. The molecular weight excluding hydrogens is 582 g/mol. The summed E-state index contributed by atoms with van der Waals surface area (Å²) in [6.45, 7) is 5.58. The number of amides is 1. The molecule has 12 heteroatoms. The van der Waals surface area contributed by atoms with Gasteiger partial charge in [0.2, 0.25) is 0 Å². The molecule has 12 nitrogen and oxygen atoms in total. The second-order valence-electron chi connectivity index (χ2n) is 13.7. The predicted octanol–water partition coefficient (Wildman–Crippen LogP) is 3.20. The molecule has 0 bridgehead atoms. The number of nitrogens with zero attached hydrogens (tertiary/aromatic N) is 2. The third-order valence-corrected chi connectivity index (χ3v) is 11.6. The smallest absolute Gasteiger partial charge is 0.328 e. The Balaban J connectivity index is 1.20. The molecule has 1 aromatic rings. The van der Waals surface area contributed by atoms with E-state index in [-0.39, 0.29) is 28.3 Å². The topological polar surface area (TPSA) is 181 Å². The van der Waals surface area contributed by atoms with E-state index in [0.29, 0.717) is 36.2 Å². The SMILES string of the molecule is COC(=O)[C@H](Cc1ccc([O-])c(N(O)O)c1)NC(=O)CON=C1C=C2CC[C@H]3[C@H](CC[C@@]4(C)[C@H]3CC[C@@]4(O)C(C)=O)[C@@]2(C)CC1. The molecule has 5 rings (SSSR count).